The number of hydrogen-bond donors (Lipinski definition) is 0. The van der Waals surface area contributed by atoms with Crippen molar-refractivity contribution in [1.29, 1.82) is 0 Å². The molecule has 1 fully saturated rings. The van der Waals surface area contributed by atoms with Crippen molar-refractivity contribution >= 4 is 31.5 Å². The summed E-state index contributed by atoms with van der Waals surface area (Å²) in [5, 5.41) is 0. The van der Waals surface area contributed by atoms with Crippen molar-refractivity contribution in [2.45, 2.75) is 18.2 Å². The molecule has 8 heteroatoms. The van der Waals surface area contributed by atoms with Crippen LogP contribution < -0.4 is 0 Å². The first kappa shape index (κ1) is 16.8. The second-order valence-corrected chi connectivity index (χ2v) is 7.68. The summed E-state index contributed by atoms with van der Waals surface area (Å²) in [5.74, 6) is -0.171. The molecule has 0 atom stereocenters. The molecule has 1 aromatic rings. The zero-order chi connectivity index (χ0) is 16.3. The van der Waals surface area contributed by atoms with Crippen LogP contribution in [0.1, 0.15) is 23.7 Å². The quantitative estimate of drug-likeness (QED) is 0.758. The van der Waals surface area contributed by atoms with E-state index in [2.05, 4.69) is 0 Å². The summed E-state index contributed by atoms with van der Waals surface area (Å²) in [7, 11) is 1.46. The zero-order valence-electron chi connectivity index (χ0n) is 12.2. The third-order valence-electron chi connectivity index (χ3n) is 3.61. The maximum absolute atomic E-state index is 12.4. The summed E-state index contributed by atoms with van der Waals surface area (Å²) in [5.41, 5.74) is 0.403. The third kappa shape index (κ3) is 3.98. The fourth-order valence-electron chi connectivity index (χ4n) is 2.38. The number of nitrogens with zero attached hydrogens (tertiary/aromatic N) is 2. The molecule has 2 amide bonds. The van der Waals surface area contributed by atoms with Crippen molar-refractivity contribution in [3.63, 3.8) is 0 Å². The van der Waals surface area contributed by atoms with Crippen LogP contribution in [0.5, 0.6) is 0 Å². The molecular formula is C14H17ClN2O4S. The highest BCUT2D eigenvalue weighted by atomic mass is 35.7. The molecule has 0 aromatic heterocycles. The van der Waals surface area contributed by atoms with Gasteiger partial charge in [-0.15, -0.1) is 0 Å². The van der Waals surface area contributed by atoms with Gasteiger partial charge < -0.3 is 9.80 Å². The zero-order valence-corrected chi connectivity index (χ0v) is 13.7. The van der Waals surface area contributed by atoms with Gasteiger partial charge in [-0.3, -0.25) is 9.59 Å². The maximum Gasteiger partial charge on any atom is 0.261 e. The van der Waals surface area contributed by atoms with Crippen LogP contribution in [0.15, 0.2) is 29.2 Å². The number of hydrogen-bond acceptors (Lipinski definition) is 4. The maximum atomic E-state index is 12.4. The van der Waals surface area contributed by atoms with Gasteiger partial charge in [-0.05, 0) is 30.7 Å². The fraction of sp³-hybridized carbons (Fsp3) is 0.429. The Morgan fingerprint density at radius 1 is 1.00 bits per heavy atom. The van der Waals surface area contributed by atoms with Crippen molar-refractivity contribution < 1.29 is 18.0 Å². The van der Waals surface area contributed by atoms with E-state index in [4.69, 9.17) is 10.7 Å². The van der Waals surface area contributed by atoms with Gasteiger partial charge in [-0.25, -0.2) is 8.42 Å². The van der Waals surface area contributed by atoms with Crippen LogP contribution in [-0.4, -0.2) is 56.2 Å². The van der Waals surface area contributed by atoms with E-state index in [-0.39, 0.29) is 16.7 Å². The number of carbonyl (C=O) groups is 2. The molecule has 22 heavy (non-hydrogen) atoms. The van der Waals surface area contributed by atoms with Crippen molar-refractivity contribution in [3.8, 4) is 0 Å². The Kier molecular flexibility index (Phi) is 5.08. The van der Waals surface area contributed by atoms with Crippen molar-refractivity contribution in [3.05, 3.63) is 29.8 Å². The lowest BCUT2D eigenvalue weighted by molar-refractivity contribution is -0.128. The van der Waals surface area contributed by atoms with Gasteiger partial charge in [0.05, 0.1) is 4.90 Å². The van der Waals surface area contributed by atoms with Crippen LogP contribution >= 0.6 is 10.7 Å². The molecule has 0 N–H and O–H groups in total. The highest BCUT2D eigenvalue weighted by molar-refractivity contribution is 8.13. The lowest BCUT2D eigenvalue weighted by Crippen LogP contribution is -2.36. The van der Waals surface area contributed by atoms with Gasteiger partial charge in [-0.1, -0.05) is 0 Å². The largest absolute Gasteiger partial charge is 0.341 e. The number of halogens is 1. The van der Waals surface area contributed by atoms with Gasteiger partial charge in [0.2, 0.25) is 5.91 Å². The molecular weight excluding hydrogens is 328 g/mol. The summed E-state index contributed by atoms with van der Waals surface area (Å²) < 4.78 is 22.4. The Labute approximate surface area is 134 Å². The summed E-state index contributed by atoms with van der Waals surface area (Å²) in [6.07, 6.45) is 0.722. The first-order chi connectivity index (χ1) is 10.3. The highest BCUT2D eigenvalue weighted by Crippen LogP contribution is 2.17. The summed E-state index contributed by atoms with van der Waals surface area (Å²) in [6, 6.07) is 5.53. The first-order valence-electron chi connectivity index (χ1n) is 6.88. The summed E-state index contributed by atoms with van der Waals surface area (Å²) >= 11 is 0. The van der Waals surface area contributed by atoms with Gasteiger partial charge in [-0.2, -0.15) is 0 Å². The smallest absolute Gasteiger partial charge is 0.261 e. The average Bonchev–Trinajstić information content (AvgIpc) is 2.71. The lowest BCUT2D eigenvalue weighted by Gasteiger charge is -2.21. The van der Waals surface area contributed by atoms with Crippen LogP contribution in [0.2, 0.25) is 0 Å². The second kappa shape index (κ2) is 6.66. The molecule has 0 unspecified atom stereocenters. The highest BCUT2D eigenvalue weighted by Gasteiger charge is 2.21. The van der Waals surface area contributed by atoms with Crippen LogP contribution in [0.3, 0.4) is 0 Å². The minimum absolute atomic E-state index is 0.00553. The molecule has 0 aliphatic carbocycles. The molecule has 1 aliphatic rings. The van der Waals surface area contributed by atoms with E-state index < -0.39 is 9.05 Å². The van der Waals surface area contributed by atoms with Gasteiger partial charge in [0.15, 0.2) is 0 Å². The Bertz CT molecular complexity index is 673. The molecule has 1 aromatic carbocycles. The van der Waals surface area contributed by atoms with Crippen LogP contribution in [0.25, 0.3) is 0 Å². The molecule has 120 valence electrons. The van der Waals surface area contributed by atoms with E-state index in [9.17, 15) is 18.0 Å². The minimum Gasteiger partial charge on any atom is -0.341 e. The normalized spacial score (nSPS) is 16.3. The predicted molar refractivity (Wildman–Crippen MR) is 82.3 cm³/mol. The van der Waals surface area contributed by atoms with Gasteiger partial charge in [0.1, 0.15) is 0 Å². The average molecular weight is 345 g/mol. The van der Waals surface area contributed by atoms with Crippen LogP contribution in [0.4, 0.5) is 0 Å². The second-order valence-electron chi connectivity index (χ2n) is 5.11. The predicted octanol–water partition coefficient (Wildman–Crippen LogP) is 1.31. The molecule has 1 saturated heterocycles. The lowest BCUT2D eigenvalue weighted by atomic mass is 10.2. The summed E-state index contributed by atoms with van der Waals surface area (Å²) in [4.78, 5) is 27.2. The van der Waals surface area contributed by atoms with Crippen molar-refractivity contribution in [1.82, 2.24) is 9.80 Å². The summed E-state index contributed by atoms with van der Waals surface area (Å²) in [6.45, 7) is 3.70. The van der Waals surface area contributed by atoms with E-state index >= 15 is 0 Å². The Hall–Kier alpha value is -1.60. The molecule has 1 aliphatic heterocycles. The Morgan fingerprint density at radius 3 is 2.09 bits per heavy atom. The molecule has 0 spiro atoms. The van der Waals surface area contributed by atoms with Crippen molar-refractivity contribution in [2.24, 2.45) is 0 Å². The number of benzene rings is 1. The third-order valence-corrected chi connectivity index (χ3v) is 4.98. The van der Waals surface area contributed by atoms with Crippen molar-refractivity contribution in [2.75, 3.05) is 26.2 Å². The molecule has 0 bridgehead atoms. The number of carbonyl (C=O) groups excluding carboxylic acids is 2. The van der Waals surface area contributed by atoms with Gasteiger partial charge >= 0.3 is 0 Å². The minimum atomic E-state index is -3.79. The first-order valence-corrected chi connectivity index (χ1v) is 9.19. The number of rotatable bonds is 2. The SMILES string of the molecule is CC(=O)N1CCCN(C(=O)c2ccc(S(=O)(=O)Cl)cc2)CC1. The number of amides is 2. The van der Waals surface area contributed by atoms with E-state index in [0.29, 0.717) is 31.7 Å². The monoisotopic (exact) mass is 344 g/mol. The Balaban J connectivity index is 2.10. The topological polar surface area (TPSA) is 74.8 Å². The van der Waals surface area contributed by atoms with E-state index in [0.717, 1.165) is 6.42 Å². The molecule has 2 rings (SSSR count). The van der Waals surface area contributed by atoms with E-state index in [1.165, 1.54) is 31.2 Å². The van der Waals surface area contributed by atoms with Gasteiger partial charge in [0, 0.05) is 49.3 Å². The van der Waals surface area contributed by atoms with Crippen LogP contribution in [0, 0.1) is 0 Å². The van der Waals surface area contributed by atoms with Gasteiger partial charge in [0.25, 0.3) is 15.0 Å². The molecule has 1 heterocycles. The fourth-order valence-corrected chi connectivity index (χ4v) is 3.15. The molecule has 0 radical (unpaired) electrons. The molecule has 6 nitrogen and oxygen atoms in total. The van der Waals surface area contributed by atoms with E-state index in [1.807, 2.05) is 0 Å². The Morgan fingerprint density at radius 2 is 1.55 bits per heavy atom. The molecule has 0 saturated carbocycles. The standard InChI is InChI=1S/C14H17ClN2O4S/c1-11(18)16-7-2-8-17(10-9-16)14(19)12-3-5-13(6-4-12)22(15,20)21/h3-6H,2,7-10H2,1H3. The van der Waals surface area contributed by atoms with E-state index in [1.54, 1.807) is 9.80 Å². The van der Waals surface area contributed by atoms with Crippen LogP contribution in [-0.2, 0) is 13.8 Å².